The number of benzene rings is 2. The zero-order chi connectivity index (χ0) is 43.7. The molecule has 3 aromatic heterocycles. The molecule has 0 N–H and O–H groups in total. The second kappa shape index (κ2) is 14.0. The van der Waals surface area contributed by atoms with Gasteiger partial charge in [-0.3, -0.25) is 9.59 Å². The molecule has 6 nitrogen and oxygen atoms in total. The number of allylic oxidation sites excluding steroid dienone is 8. The summed E-state index contributed by atoms with van der Waals surface area (Å²) < 4.78 is 60.6. The predicted octanol–water partition coefficient (Wildman–Crippen LogP) is 13.8. The number of nitrogens with zero attached hydrogens (tertiary/aromatic N) is 4. The van der Waals surface area contributed by atoms with Gasteiger partial charge in [0.25, 0.3) is 11.4 Å². The van der Waals surface area contributed by atoms with E-state index >= 15 is 0 Å². The third-order valence-corrected chi connectivity index (χ3v) is 17.6. The highest BCUT2D eigenvalue weighted by Gasteiger charge is 2.51. The number of fused-ring (bicyclic) bond motifs is 12. The van der Waals surface area contributed by atoms with Crippen molar-refractivity contribution in [3.63, 3.8) is 0 Å². The molecule has 0 radical (unpaired) electrons. The van der Waals surface area contributed by atoms with Crippen LogP contribution < -0.4 is 0 Å². The SMILES string of the molecule is [C-]#[N+]/C(C#N)=C1\C(=C/c2cc3c(s2)-c2sc4c5c(sc4c2C32CCCCC2)C=C(/C=C2\C(=O)c3cc(F)c(F)cc3\C2=C(\C#N)[N+]#[C-])C52CCCCC2)C(=O)c2cc(F)c(F)cc21. The van der Waals surface area contributed by atoms with Gasteiger partial charge < -0.3 is 0 Å². The zero-order valence-electron chi connectivity index (χ0n) is 33.0. The Morgan fingerprint density at radius 1 is 0.619 bits per heavy atom. The third-order valence-electron chi connectivity index (χ3n) is 13.9. The minimum Gasteiger partial charge on any atom is -0.289 e. The Morgan fingerprint density at radius 2 is 1.11 bits per heavy atom. The third kappa shape index (κ3) is 5.28. The molecule has 6 aliphatic rings. The number of Topliss-reactive ketones (excluding diaryl/α,β-unsaturated/α-hetero) is 2. The van der Waals surface area contributed by atoms with Crippen molar-refractivity contribution in [3.05, 3.63) is 159 Å². The Bertz CT molecular complexity index is 3350. The maximum Gasteiger partial charge on any atom is 0.270 e. The van der Waals surface area contributed by atoms with Gasteiger partial charge in [0.2, 0.25) is 0 Å². The molecule has 2 aromatic carbocycles. The molecule has 2 spiro atoms. The molecule has 0 aliphatic heterocycles. The lowest BCUT2D eigenvalue weighted by Gasteiger charge is -2.36. The largest absolute Gasteiger partial charge is 0.289 e. The minimum absolute atomic E-state index is 0.000612. The molecule has 0 unspecified atom stereocenters. The molecule has 0 amide bonds. The van der Waals surface area contributed by atoms with Crippen molar-refractivity contribution in [2.24, 2.45) is 0 Å². The van der Waals surface area contributed by atoms with Gasteiger partial charge in [-0.1, -0.05) is 38.5 Å². The number of hydrogen-bond donors (Lipinski definition) is 0. The summed E-state index contributed by atoms with van der Waals surface area (Å²) in [5, 5.41) is 19.9. The van der Waals surface area contributed by atoms with Crippen LogP contribution in [-0.2, 0) is 10.8 Å². The molecular weight excluding hydrogens is 861 g/mol. The van der Waals surface area contributed by atoms with E-state index in [4.69, 9.17) is 13.1 Å². The lowest BCUT2D eigenvalue weighted by molar-refractivity contribution is 0.103. The van der Waals surface area contributed by atoms with Gasteiger partial charge in [-0.15, -0.1) is 34.0 Å². The minimum atomic E-state index is -1.19. The fourth-order valence-corrected chi connectivity index (χ4v) is 15.8. The van der Waals surface area contributed by atoms with Crippen LogP contribution in [-0.4, -0.2) is 11.6 Å². The van der Waals surface area contributed by atoms with Gasteiger partial charge in [-0.2, -0.15) is 0 Å². The first-order valence-electron chi connectivity index (χ1n) is 20.5. The molecule has 3 heterocycles. The summed E-state index contributed by atoms with van der Waals surface area (Å²) >= 11 is 5.02. The van der Waals surface area contributed by atoms with Gasteiger partial charge in [0, 0.05) is 64.4 Å². The Balaban J connectivity index is 1.07. The normalized spacial score (nSPS) is 21.5. The Hall–Kier alpha value is -6.48. The van der Waals surface area contributed by atoms with E-state index in [-0.39, 0.29) is 61.4 Å². The molecule has 0 atom stereocenters. The topological polar surface area (TPSA) is 90.4 Å². The Kier molecular flexibility index (Phi) is 8.76. The lowest BCUT2D eigenvalue weighted by atomic mass is 9.66. The average Bonchev–Trinajstić information content (AvgIpc) is 4.13. The molecule has 6 aliphatic carbocycles. The number of hydrogen-bond acceptors (Lipinski definition) is 7. The highest BCUT2D eigenvalue weighted by atomic mass is 32.1. The van der Waals surface area contributed by atoms with Crippen molar-refractivity contribution in [2.45, 2.75) is 75.0 Å². The number of ketones is 2. The quantitative estimate of drug-likeness (QED) is 0.0764. The van der Waals surface area contributed by atoms with E-state index in [1.807, 2.05) is 12.1 Å². The second-order valence-corrected chi connectivity index (χ2v) is 20.0. The second-order valence-electron chi connectivity index (χ2n) is 16.9. The smallest absolute Gasteiger partial charge is 0.270 e. The van der Waals surface area contributed by atoms with Gasteiger partial charge in [0.1, 0.15) is 0 Å². The van der Waals surface area contributed by atoms with E-state index in [9.17, 15) is 37.7 Å². The number of rotatable bonds is 2. The predicted molar refractivity (Wildman–Crippen MR) is 235 cm³/mol. The first-order chi connectivity index (χ1) is 30.5. The van der Waals surface area contributed by atoms with Crippen LogP contribution in [0.5, 0.6) is 0 Å². The summed E-state index contributed by atoms with van der Waals surface area (Å²) in [5.74, 6) is -5.86. The van der Waals surface area contributed by atoms with Gasteiger partial charge in [-0.25, -0.2) is 37.8 Å². The standard InChI is InChI=1S/C50H28F4N4O2S3/c1-57-36(21-55)39-25-17-32(51)34(53)19-27(25)43(59)29(39)13-23-14-38-41(49(23)9-5-3-6-10-49)46-48(62-38)42-47(63-46)45-31(50(42)11-7-4-8-12-50)16-24(61-45)15-30-40(37(22-56)58-2)26-18-33(52)35(54)20-28(26)44(30)60/h13-20H,3-12H2/b29-13-,30-15+,39-36+,40-37-. The van der Waals surface area contributed by atoms with Crippen molar-refractivity contribution in [1.29, 1.82) is 10.5 Å². The molecular formula is C50H28F4N4O2S3. The summed E-state index contributed by atoms with van der Waals surface area (Å²) in [7, 11) is 0. The van der Waals surface area contributed by atoms with Crippen LogP contribution in [0.4, 0.5) is 17.6 Å². The first kappa shape index (κ1) is 39.4. The zero-order valence-corrected chi connectivity index (χ0v) is 35.5. The summed E-state index contributed by atoms with van der Waals surface area (Å²) in [6, 6.07) is 9.30. The van der Waals surface area contributed by atoms with E-state index in [1.54, 1.807) is 34.8 Å². The molecule has 63 heavy (non-hydrogen) atoms. The lowest BCUT2D eigenvalue weighted by Crippen LogP contribution is -2.29. The van der Waals surface area contributed by atoms with Crippen LogP contribution in [0.15, 0.2) is 64.5 Å². The van der Waals surface area contributed by atoms with Gasteiger partial charge in [0.05, 0.1) is 39.6 Å². The van der Waals surface area contributed by atoms with Crippen molar-refractivity contribution >= 4 is 78.3 Å². The van der Waals surface area contributed by atoms with Crippen molar-refractivity contribution in [1.82, 2.24) is 0 Å². The Morgan fingerprint density at radius 3 is 1.63 bits per heavy atom. The molecule has 0 bridgehead atoms. The molecule has 2 saturated carbocycles. The van der Waals surface area contributed by atoms with E-state index in [2.05, 4.69) is 21.8 Å². The summed E-state index contributed by atoms with van der Waals surface area (Å²) in [6.45, 7) is 15.4. The maximum absolute atomic E-state index is 14.6. The van der Waals surface area contributed by atoms with Crippen LogP contribution in [0.1, 0.15) is 122 Å². The van der Waals surface area contributed by atoms with Gasteiger partial charge in [0.15, 0.2) is 34.8 Å². The number of thiophene rings is 3. The molecule has 5 aromatic rings. The van der Waals surface area contributed by atoms with Gasteiger partial charge >= 0.3 is 0 Å². The van der Waals surface area contributed by atoms with E-state index in [0.29, 0.717) is 0 Å². The summed E-state index contributed by atoms with van der Waals surface area (Å²) in [5.41, 5.74) is 3.12. The molecule has 2 fully saturated rings. The first-order valence-corrected chi connectivity index (χ1v) is 23.0. The maximum atomic E-state index is 14.6. The Labute approximate surface area is 370 Å². The molecule has 11 rings (SSSR count). The number of nitriles is 2. The molecule has 306 valence electrons. The van der Waals surface area contributed by atoms with E-state index in [1.165, 1.54) is 37.4 Å². The van der Waals surface area contributed by atoms with Crippen molar-refractivity contribution in [3.8, 4) is 21.9 Å². The van der Waals surface area contributed by atoms with Crippen LogP contribution in [0.25, 0.3) is 52.1 Å². The highest BCUT2D eigenvalue weighted by molar-refractivity contribution is 7.32. The van der Waals surface area contributed by atoms with Crippen LogP contribution in [0, 0.1) is 59.1 Å². The van der Waals surface area contributed by atoms with Crippen LogP contribution in [0.2, 0.25) is 0 Å². The summed E-state index contributed by atoms with van der Waals surface area (Å²) in [4.78, 5) is 38.8. The monoisotopic (exact) mass is 888 g/mol. The number of halogens is 4. The van der Waals surface area contributed by atoms with Crippen LogP contribution in [0.3, 0.4) is 0 Å². The van der Waals surface area contributed by atoms with E-state index in [0.717, 1.165) is 114 Å². The van der Waals surface area contributed by atoms with Crippen LogP contribution >= 0.6 is 34.0 Å². The fraction of sp³-hybridized carbons (Fsp3) is 0.240. The number of carbonyl (C=O) groups is 2. The highest BCUT2D eigenvalue weighted by Crippen LogP contribution is 2.67. The van der Waals surface area contributed by atoms with E-state index < -0.39 is 40.3 Å². The van der Waals surface area contributed by atoms with Crippen molar-refractivity contribution in [2.75, 3.05) is 0 Å². The average molecular weight is 889 g/mol. The van der Waals surface area contributed by atoms with Gasteiger partial charge in [-0.05, 0) is 102 Å². The molecule has 13 heteroatoms. The molecule has 0 saturated heterocycles. The fourth-order valence-electron chi connectivity index (χ4n) is 11.3. The summed E-state index contributed by atoms with van der Waals surface area (Å²) in [6.07, 6.45) is 15.1. The number of carbonyl (C=O) groups excluding carboxylic acids is 2. The van der Waals surface area contributed by atoms with Crippen molar-refractivity contribution < 1.29 is 27.2 Å².